The van der Waals surface area contributed by atoms with Gasteiger partial charge in [-0.05, 0) is 92.1 Å². The molecule has 75 heavy (non-hydrogen) atoms. The van der Waals surface area contributed by atoms with E-state index in [1.54, 1.807) is 19.1 Å². The summed E-state index contributed by atoms with van der Waals surface area (Å²) in [5, 5.41) is 31.8. The molecule has 1 aromatic carbocycles. The zero-order chi connectivity index (χ0) is 55.2. The molecule has 1 fully saturated rings. The molecule has 1 aliphatic heterocycles. The Labute approximate surface area is 450 Å². The van der Waals surface area contributed by atoms with Crippen LogP contribution in [-0.4, -0.2) is 135 Å². The molecule has 0 spiro atoms. The Morgan fingerprint density at radius 1 is 1.00 bits per heavy atom. The van der Waals surface area contributed by atoms with E-state index in [0.717, 1.165) is 47.1 Å². The van der Waals surface area contributed by atoms with Crippen molar-refractivity contribution in [3.8, 4) is 5.75 Å². The van der Waals surface area contributed by atoms with E-state index in [-0.39, 0.29) is 77.2 Å². The summed E-state index contributed by atoms with van der Waals surface area (Å²) in [6, 6.07) is 6.43. The summed E-state index contributed by atoms with van der Waals surface area (Å²) in [7, 11) is 4.19. The molecule has 7 atom stereocenters. The van der Waals surface area contributed by atoms with E-state index in [4.69, 9.17) is 14.2 Å². The van der Waals surface area contributed by atoms with Crippen molar-refractivity contribution in [1.29, 1.82) is 0 Å². The van der Waals surface area contributed by atoms with Gasteiger partial charge in [0.05, 0.1) is 11.0 Å². The van der Waals surface area contributed by atoms with Crippen LogP contribution in [0, 0.1) is 27.9 Å². The molecule has 3 heterocycles. The van der Waals surface area contributed by atoms with E-state index in [9.17, 15) is 48.8 Å². The number of rotatable bonds is 30. The number of carbonyl (C=O) groups excluding carboxylic acids is 7. The summed E-state index contributed by atoms with van der Waals surface area (Å²) < 4.78 is 16.8. The third kappa shape index (κ3) is 20.0. The van der Waals surface area contributed by atoms with Crippen LogP contribution in [0.3, 0.4) is 0 Å². The lowest BCUT2D eigenvalue weighted by Crippen LogP contribution is -2.59. The maximum Gasteiger partial charge on any atom is 0.325 e. The quantitative estimate of drug-likeness (QED) is 0.0102. The monoisotopic (exact) mass is 1100 g/mol. The minimum atomic E-state index is -1.06. The number of phenolic OH excluding ortho intramolecular Hbond substituents is 1. The fraction of sp³-hybridized carbons (Fsp3) is 0.588. The van der Waals surface area contributed by atoms with Crippen molar-refractivity contribution in [2.45, 2.75) is 142 Å². The van der Waals surface area contributed by atoms with Crippen molar-refractivity contribution in [2.75, 3.05) is 39.2 Å². The van der Waals surface area contributed by atoms with Gasteiger partial charge in [0.25, 0.3) is 5.91 Å². The number of likely N-dealkylation sites (N-methyl/N-ethyl adjacent to an activating group) is 1. The number of aromatic nitrogens is 2. The Morgan fingerprint density at radius 2 is 1.73 bits per heavy atom. The first-order valence-electron chi connectivity index (χ1n) is 25.2. The summed E-state index contributed by atoms with van der Waals surface area (Å²) >= 11 is 1.07. The van der Waals surface area contributed by atoms with Crippen LogP contribution in [0.2, 0.25) is 0 Å². The molecule has 1 unspecified atom stereocenters. The molecule has 0 aliphatic carbocycles. The van der Waals surface area contributed by atoms with Crippen LogP contribution in [0.4, 0.5) is 5.69 Å². The summed E-state index contributed by atoms with van der Waals surface area (Å²) in [6.07, 6.45) is 4.45. The summed E-state index contributed by atoms with van der Waals surface area (Å²) in [4.78, 5) is 117. The minimum absolute atomic E-state index is 0.00413. The topological polar surface area (TPSA) is 279 Å². The predicted molar refractivity (Wildman–Crippen MR) is 284 cm³/mol. The number of pyridine rings is 1. The second-order valence-corrected chi connectivity index (χ2v) is 22.2. The minimum Gasteiger partial charge on any atom is -0.508 e. The zero-order valence-electron chi connectivity index (χ0n) is 43.9. The second kappa shape index (κ2) is 31.3. The first-order chi connectivity index (χ1) is 35.7. The van der Waals surface area contributed by atoms with Crippen molar-refractivity contribution in [1.82, 2.24) is 35.7 Å². The molecule has 4 N–H and O–H groups in total. The average Bonchev–Trinajstić information content (AvgIpc) is 3.88. The van der Waals surface area contributed by atoms with Crippen LogP contribution in [0.25, 0.3) is 0 Å². The third-order valence-electron chi connectivity index (χ3n) is 12.7. The molecule has 21 nitrogen and oxygen atoms in total. The van der Waals surface area contributed by atoms with Gasteiger partial charge in [-0.2, -0.15) is 0 Å². The zero-order valence-corrected chi connectivity index (χ0v) is 46.4. The van der Waals surface area contributed by atoms with Crippen LogP contribution in [-0.2, 0) is 49.4 Å². The first-order valence-corrected chi connectivity index (χ1v) is 28.4. The standard InChI is InChI=1S/C51H72N8O13S3/c1-9-14-43(62)71-30-58(51(67)45(32(5)10-2)56-48(66)39-15-11-12-22-57(39)8)41(31(3)4)27-42(72-34(7)60)50-55-38(29-73-50)47(65)54-36(26-35-17-19-37(61)20-18-35)25-33(6)46(64)53-28-44(63)70-23-24-74-75-49-40(59(68)69)16-13-21-52-49/h13,16-21,29,31-33,36,39,41-42,45,61H,9-12,14-15,22-28,30H2,1-8H3,(H,53,64)(H,54,65)(H,56,66)/t32?,33-,36+,39+,41+,42+,45-/m0/s1. The van der Waals surface area contributed by atoms with E-state index in [1.165, 1.54) is 58.5 Å². The van der Waals surface area contributed by atoms with E-state index in [0.29, 0.717) is 25.0 Å². The molecule has 1 aliphatic rings. The lowest BCUT2D eigenvalue weighted by molar-refractivity contribution is -0.388. The highest BCUT2D eigenvalue weighted by Crippen LogP contribution is 2.35. The summed E-state index contributed by atoms with van der Waals surface area (Å²) in [5.74, 6) is -4.61. The molecule has 3 aromatic rings. The van der Waals surface area contributed by atoms with Gasteiger partial charge in [-0.25, -0.2) is 9.97 Å². The number of hydrogen-bond acceptors (Lipinski definition) is 19. The van der Waals surface area contributed by atoms with E-state index < -0.39 is 90.0 Å². The van der Waals surface area contributed by atoms with E-state index in [1.807, 2.05) is 46.6 Å². The number of nitrogens with one attached hydrogen (secondary N) is 3. The van der Waals surface area contributed by atoms with Gasteiger partial charge in [0.1, 0.15) is 35.6 Å². The maximum atomic E-state index is 14.9. The number of nitrogens with zero attached hydrogens (tertiary/aromatic N) is 5. The van der Waals surface area contributed by atoms with Crippen molar-refractivity contribution in [3.05, 3.63) is 74.4 Å². The Hall–Kier alpha value is -5.85. The van der Waals surface area contributed by atoms with Crippen LogP contribution < -0.4 is 16.0 Å². The predicted octanol–water partition coefficient (Wildman–Crippen LogP) is 6.78. The molecule has 0 radical (unpaired) electrons. The highest BCUT2D eigenvalue weighted by Gasteiger charge is 2.39. The Balaban J connectivity index is 1.49. The fourth-order valence-electron chi connectivity index (χ4n) is 8.34. The average molecular weight is 1100 g/mol. The molecule has 2 aromatic heterocycles. The van der Waals surface area contributed by atoms with Crippen LogP contribution in [0.1, 0.15) is 127 Å². The van der Waals surface area contributed by atoms with Gasteiger partial charge in [0, 0.05) is 61.2 Å². The molecular weight excluding hydrogens is 1030 g/mol. The normalized spacial score (nSPS) is 16.0. The summed E-state index contributed by atoms with van der Waals surface area (Å²) in [5.41, 5.74) is 0.601. The first kappa shape index (κ1) is 61.7. The van der Waals surface area contributed by atoms with E-state index in [2.05, 4.69) is 25.9 Å². The number of thiazole rings is 1. The maximum absolute atomic E-state index is 14.9. The summed E-state index contributed by atoms with van der Waals surface area (Å²) in [6.45, 7) is 12.2. The SMILES string of the molecule is CCCC(=O)OCN(C(=O)[C@@H](NC(=O)[C@H]1CCCCN1C)C(C)CC)[C@H](C[C@@H](OC(C)=O)c1nc(C(=O)N[C@@H](Cc2ccc(O)cc2)C[C@H](C)C(=O)NCC(=O)OCCSSc2ncccc2[N+](=O)[O-])cs1)C(C)C. The highest BCUT2D eigenvalue weighted by atomic mass is 33.1. The molecule has 0 bridgehead atoms. The number of carbonyl (C=O) groups is 7. The van der Waals surface area contributed by atoms with Gasteiger partial charge in [-0.3, -0.25) is 48.6 Å². The van der Waals surface area contributed by atoms with Gasteiger partial charge in [-0.15, -0.1) is 11.3 Å². The smallest absolute Gasteiger partial charge is 0.325 e. The van der Waals surface area contributed by atoms with Gasteiger partial charge in [0.15, 0.2) is 17.9 Å². The number of aromatic hydroxyl groups is 1. The molecule has 1 saturated heterocycles. The number of nitro groups is 1. The number of benzene rings is 1. The molecule has 0 saturated carbocycles. The number of esters is 3. The van der Waals surface area contributed by atoms with Crippen molar-refractivity contribution in [2.24, 2.45) is 17.8 Å². The van der Waals surface area contributed by atoms with Gasteiger partial charge in [0.2, 0.25) is 17.7 Å². The fourth-order valence-corrected chi connectivity index (χ4v) is 11.0. The van der Waals surface area contributed by atoms with Crippen LogP contribution in [0.15, 0.2) is 53.0 Å². The number of phenols is 1. The highest BCUT2D eigenvalue weighted by molar-refractivity contribution is 8.76. The molecule has 4 amide bonds. The Bertz CT molecular complexity index is 2390. The molecular formula is C51H72N8O13S3. The number of piperidine rings is 1. The number of likely N-dealkylation sites (tertiary alicyclic amines) is 1. The number of hydrogen-bond donors (Lipinski definition) is 4. The number of amides is 4. The lowest BCUT2D eigenvalue weighted by atomic mass is 9.92. The molecule has 412 valence electrons. The number of ether oxygens (including phenoxy) is 3. The largest absolute Gasteiger partial charge is 0.508 e. The third-order valence-corrected chi connectivity index (χ3v) is 15.9. The van der Waals surface area contributed by atoms with Crippen LogP contribution >= 0.6 is 32.9 Å². The van der Waals surface area contributed by atoms with Gasteiger partial charge < -0.3 is 40.2 Å². The Kier molecular flexibility index (Phi) is 25.7. The van der Waals surface area contributed by atoms with Crippen molar-refractivity contribution >= 4 is 80.1 Å². The molecule has 24 heteroatoms. The lowest BCUT2D eigenvalue weighted by Gasteiger charge is -2.39. The molecule has 4 rings (SSSR count). The second-order valence-electron chi connectivity index (χ2n) is 18.9. The van der Waals surface area contributed by atoms with Crippen LogP contribution in [0.5, 0.6) is 5.75 Å². The van der Waals surface area contributed by atoms with Crippen molar-refractivity contribution < 1.29 is 57.8 Å². The van der Waals surface area contributed by atoms with Gasteiger partial charge >= 0.3 is 23.6 Å². The van der Waals surface area contributed by atoms with Gasteiger partial charge in [-0.1, -0.05) is 77.3 Å². The van der Waals surface area contributed by atoms with E-state index >= 15 is 0 Å². The Morgan fingerprint density at radius 3 is 2.39 bits per heavy atom. The van der Waals surface area contributed by atoms with Crippen molar-refractivity contribution in [3.63, 3.8) is 0 Å².